The topological polar surface area (TPSA) is 93.1 Å². The molecule has 1 heterocycles. The monoisotopic (exact) mass is 378 g/mol. The van der Waals surface area contributed by atoms with E-state index in [1.165, 1.54) is 5.01 Å². The van der Waals surface area contributed by atoms with Gasteiger partial charge in [0, 0.05) is 23.6 Å². The van der Waals surface area contributed by atoms with E-state index in [2.05, 4.69) is 15.6 Å². The van der Waals surface area contributed by atoms with Crippen LogP contribution in [0, 0.1) is 4.91 Å². The predicted octanol–water partition coefficient (Wildman–Crippen LogP) is 4.66. The molecule has 8 heteroatoms. The van der Waals surface area contributed by atoms with Gasteiger partial charge in [-0.05, 0) is 54.6 Å². The number of anilines is 3. The second-order valence-corrected chi connectivity index (χ2v) is 5.70. The molecule has 1 amide bonds. The molecule has 0 aliphatic carbocycles. The van der Waals surface area contributed by atoms with Crippen LogP contribution in [0.2, 0.25) is 0 Å². The van der Waals surface area contributed by atoms with Gasteiger partial charge in [-0.25, -0.2) is 4.79 Å². The van der Waals surface area contributed by atoms with Crippen LogP contribution in [0.25, 0.3) is 0 Å². The van der Waals surface area contributed by atoms with Crippen LogP contribution < -0.4 is 15.1 Å². The Hall–Kier alpha value is -3.94. The van der Waals surface area contributed by atoms with Gasteiger partial charge < -0.3 is 9.47 Å². The number of benzene rings is 2. The number of nitrogens with one attached hydrogen (secondary N) is 1. The van der Waals surface area contributed by atoms with Crippen molar-refractivity contribution < 1.29 is 14.3 Å². The molecule has 2 aromatic carbocycles. The van der Waals surface area contributed by atoms with Crippen molar-refractivity contribution >= 4 is 23.2 Å². The number of nitroso groups, excluding NO2 is 1. The number of carbonyl (C=O) groups excluding carboxylic acids is 1. The lowest BCUT2D eigenvalue weighted by Gasteiger charge is -2.16. The maximum absolute atomic E-state index is 11.9. The first-order valence-corrected chi connectivity index (χ1v) is 8.40. The number of pyridine rings is 1. The van der Waals surface area contributed by atoms with Gasteiger partial charge in [0.05, 0.1) is 23.8 Å². The van der Waals surface area contributed by atoms with E-state index in [-0.39, 0.29) is 6.61 Å². The predicted molar refractivity (Wildman–Crippen MR) is 105 cm³/mol. The number of rotatable bonds is 7. The molecule has 0 spiro atoms. The number of hydrogen-bond acceptors (Lipinski definition) is 6. The third-order valence-electron chi connectivity index (χ3n) is 3.85. The number of methoxy groups -OCH3 is 1. The van der Waals surface area contributed by atoms with Crippen LogP contribution in [0.4, 0.5) is 21.9 Å². The van der Waals surface area contributed by atoms with Gasteiger partial charge in [0.2, 0.25) is 0 Å². The molecule has 3 rings (SSSR count). The molecule has 28 heavy (non-hydrogen) atoms. The Bertz CT molecular complexity index is 915. The highest BCUT2D eigenvalue weighted by atomic mass is 16.5. The number of nitrogens with zero attached hydrogens (tertiary/aromatic N) is 3. The molecule has 0 radical (unpaired) electrons. The van der Waals surface area contributed by atoms with E-state index in [0.717, 1.165) is 5.56 Å². The first kappa shape index (κ1) is 18.8. The average Bonchev–Trinajstić information content (AvgIpc) is 2.75. The van der Waals surface area contributed by atoms with Crippen LogP contribution in [0.5, 0.6) is 5.75 Å². The SMILES string of the molecule is COc1ccc(N(N=O)c2ccc(NC(=O)OCc3cccnc3)cc2)cc1. The fourth-order valence-electron chi connectivity index (χ4n) is 2.44. The van der Waals surface area contributed by atoms with E-state index < -0.39 is 6.09 Å². The van der Waals surface area contributed by atoms with Gasteiger partial charge >= 0.3 is 6.09 Å². The van der Waals surface area contributed by atoms with E-state index in [0.29, 0.717) is 22.8 Å². The first-order chi connectivity index (χ1) is 13.7. The smallest absolute Gasteiger partial charge is 0.411 e. The van der Waals surface area contributed by atoms with Crippen LogP contribution in [-0.2, 0) is 11.3 Å². The van der Waals surface area contributed by atoms with Crippen molar-refractivity contribution in [3.63, 3.8) is 0 Å². The van der Waals surface area contributed by atoms with Crippen molar-refractivity contribution in [3.8, 4) is 5.75 Å². The zero-order valence-electron chi connectivity index (χ0n) is 15.1. The second-order valence-electron chi connectivity index (χ2n) is 5.70. The Morgan fingerprint density at radius 3 is 2.32 bits per heavy atom. The minimum absolute atomic E-state index is 0.123. The van der Waals surface area contributed by atoms with Crippen LogP contribution in [0.1, 0.15) is 5.56 Å². The Morgan fingerprint density at radius 2 is 1.75 bits per heavy atom. The summed E-state index contributed by atoms with van der Waals surface area (Å²) in [6.07, 6.45) is 2.69. The fraction of sp³-hybridized carbons (Fsp3) is 0.100. The highest BCUT2D eigenvalue weighted by molar-refractivity contribution is 5.85. The number of hydrogen-bond donors (Lipinski definition) is 1. The van der Waals surface area contributed by atoms with Crippen LogP contribution in [-0.4, -0.2) is 18.2 Å². The quantitative estimate of drug-likeness (QED) is 0.475. The summed E-state index contributed by atoms with van der Waals surface area (Å²) in [5, 5.41) is 6.93. The number of ether oxygens (including phenoxy) is 2. The summed E-state index contributed by atoms with van der Waals surface area (Å²) < 4.78 is 10.2. The molecule has 1 N–H and O–H groups in total. The van der Waals surface area contributed by atoms with E-state index in [4.69, 9.17) is 9.47 Å². The van der Waals surface area contributed by atoms with Crippen molar-refractivity contribution in [1.29, 1.82) is 0 Å². The fourth-order valence-corrected chi connectivity index (χ4v) is 2.44. The minimum atomic E-state index is -0.586. The normalized spacial score (nSPS) is 10.0. The highest BCUT2D eigenvalue weighted by Crippen LogP contribution is 2.28. The van der Waals surface area contributed by atoms with Crippen LogP contribution in [0.3, 0.4) is 0 Å². The zero-order valence-corrected chi connectivity index (χ0v) is 15.1. The summed E-state index contributed by atoms with van der Waals surface area (Å²) >= 11 is 0. The molecule has 0 unspecified atom stereocenters. The average molecular weight is 378 g/mol. The summed E-state index contributed by atoms with van der Waals surface area (Å²) in [5.74, 6) is 0.680. The maximum Gasteiger partial charge on any atom is 0.411 e. The first-order valence-electron chi connectivity index (χ1n) is 8.40. The second kappa shape index (κ2) is 9.13. The van der Waals surface area contributed by atoms with Crippen molar-refractivity contribution in [2.45, 2.75) is 6.61 Å². The zero-order chi connectivity index (χ0) is 19.8. The van der Waals surface area contributed by atoms with E-state index in [1.807, 2.05) is 6.07 Å². The van der Waals surface area contributed by atoms with Gasteiger partial charge in [-0.15, -0.1) is 4.91 Å². The van der Waals surface area contributed by atoms with Gasteiger partial charge in [0.1, 0.15) is 12.4 Å². The molecule has 142 valence electrons. The van der Waals surface area contributed by atoms with Crippen molar-refractivity contribution in [2.24, 2.45) is 5.29 Å². The molecule has 1 aromatic heterocycles. The third kappa shape index (κ3) is 4.82. The summed E-state index contributed by atoms with van der Waals surface area (Å²) in [4.78, 5) is 27.1. The Labute approximate surface area is 161 Å². The lowest BCUT2D eigenvalue weighted by molar-refractivity contribution is 0.155. The molecule has 0 aliphatic heterocycles. The molecule has 0 aliphatic rings. The maximum atomic E-state index is 11.9. The largest absolute Gasteiger partial charge is 0.497 e. The molecule has 0 fully saturated rings. The van der Waals surface area contributed by atoms with Gasteiger partial charge in [-0.2, -0.15) is 5.01 Å². The van der Waals surface area contributed by atoms with Crippen molar-refractivity contribution in [2.75, 3.05) is 17.4 Å². The molecule has 0 bridgehead atoms. The van der Waals surface area contributed by atoms with E-state index >= 15 is 0 Å². The van der Waals surface area contributed by atoms with Crippen LogP contribution in [0.15, 0.2) is 78.3 Å². The number of aromatic nitrogens is 1. The van der Waals surface area contributed by atoms with Gasteiger partial charge in [0.15, 0.2) is 0 Å². The Balaban J connectivity index is 1.61. The third-order valence-corrected chi connectivity index (χ3v) is 3.85. The summed E-state index contributed by atoms with van der Waals surface area (Å²) in [6.45, 7) is 0.123. The summed E-state index contributed by atoms with van der Waals surface area (Å²) in [7, 11) is 1.57. The number of carbonyl (C=O) groups is 1. The molecule has 0 atom stereocenters. The van der Waals surface area contributed by atoms with Crippen LogP contribution >= 0.6 is 0 Å². The molecule has 8 nitrogen and oxygen atoms in total. The molecule has 0 saturated heterocycles. The standard InChI is InChI=1S/C20H18N4O4/c1-27-19-10-8-18(9-11-19)24(23-26)17-6-4-16(5-7-17)22-20(25)28-14-15-3-2-12-21-13-15/h2-13H,14H2,1H3,(H,22,25). The Morgan fingerprint density at radius 1 is 1.07 bits per heavy atom. The van der Waals surface area contributed by atoms with Crippen molar-refractivity contribution in [3.05, 3.63) is 83.5 Å². The molecular weight excluding hydrogens is 360 g/mol. The van der Waals surface area contributed by atoms with E-state index in [1.54, 1.807) is 74.1 Å². The minimum Gasteiger partial charge on any atom is -0.497 e. The van der Waals surface area contributed by atoms with Gasteiger partial charge in [-0.1, -0.05) is 6.07 Å². The lowest BCUT2D eigenvalue weighted by atomic mass is 10.2. The molecule has 3 aromatic rings. The molecule has 0 saturated carbocycles. The Kier molecular flexibility index (Phi) is 6.14. The molecular formula is C20H18N4O4. The lowest BCUT2D eigenvalue weighted by Crippen LogP contribution is -2.14. The summed E-state index contributed by atoms with van der Waals surface area (Å²) in [5.41, 5.74) is 2.46. The van der Waals surface area contributed by atoms with Gasteiger partial charge in [0.25, 0.3) is 0 Å². The highest BCUT2D eigenvalue weighted by Gasteiger charge is 2.11. The van der Waals surface area contributed by atoms with Crippen molar-refractivity contribution in [1.82, 2.24) is 4.98 Å². The van der Waals surface area contributed by atoms with Gasteiger partial charge in [-0.3, -0.25) is 10.3 Å². The summed E-state index contributed by atoms with van der Waals surface area (Å²) in [6, 6.07) is 17.2. The number of amides is 1. The van der Waals surface area contributed by atoms with E-state index in [9.17, 15) is 9.70 Å².